The number of benzene rings is 2. The zero-order valence-electron chi connectivity index (χ0n) is 20.3. The van der Waals surface area contributed by atoms with E-state index in [4.69, 9.17) is 16.6 Å². The second-order valence-corrected chi connectivity index (χ2v) is 9.71. The molecule has 0 saturated carbocycles. The molecule has 0 atom stereocenters. The van der Waals surface area contributed by atoms with Crippen LogP contribution in [0.5, 0.6) is 0 Å². The van der Waals surface area contributed by atoms with Gasteiger partial charge in [0.2, 0.25) is 11.9 Å². The predicted octanol–water partition coefficient (Wildman–Crippen LogP) is 2.64. The molecule has 1 amide bonds. The number of carbonyl (C=O) groups is 1. The topological polar surface area (TPSA) is 75.8 Å². The molecule has 2 aromatic carbocycles. The van der Waals surface area contributed by atoms with Gasteiger partial charge in [-0.1, -0.05) is 54.1 Å². The van der Waals surface area contributed by atoms with Gasteiger partial charge in [-0.15, -0.1) is 0 Å². The number of H-pyrrole nitrogens is 1. The number of carbonyl (C=O) groups excluding carboxylic acids is 1. The molecule has 0 spiro atoms. The quantitative estimate of drug-likeness (QED) is 0.554. The first-order valence-corrected chi connectivity index (χ1v) is 12.8. The average Bonchev–Trinajstić information content (AvgIpc) is 2.90. The number of piperazine rings is 2. The molecule has 8 nitrogen and oxygen atoms in total. The third kappa shape index (κ3) is 5.88. The van der Waals surface area contributed by atoms with Gasteiger partial charge >= 0.3 is 0 Å². The van der Waals surface area contributed by atoms with Gasteiger partial charge in [0, 0.05) is 65.0 Å². The van der Waals surface area contributed by atoms with Crippen molar-refractivity contribution in [2.24, 2.45) is 0 Å². The van der Waals surface area contributed by atoms with Gasteiger partial charge in [-0.3, -0.25) is 19.5 Å². The van der Waals surface area contributed by atoms with Crippen LogP contribution in [0.3, 0.4) is 0 Å². The monoisotopic (exact) mass is 506 g/mol. The number of hydrogen-bond acceptors (Lipinski definition) is 6. The van der Waals surface area contributed by atoms with Crippen molar-refractivity contribution < 1.29 is 4.79 Å². The van der Waals surface area contributed by atoms with Crippen molar-refractivity contribution in [3.8, 4) is 0 Å². The van der Waals surface area contributed by atoms with Gasteiger partial charge in [-0.2, -0.15) is 0 Å². The van der Waals surface area contributed by atoms with E-state index in [0.29, 0.717) is 45.1 Å². The first-order chi connectivity index (χ1) is 17.5. The first kappa shape index (κ1) is 24.3. The highest BCUT2D eigenvalue weighted by molar-refractivity contribution is 6.33. The molecule has 2 aliphatic heterocycles. The van der Waals surface area contributed by atoms with Crippen LogP contribution in [0.4, 0.5) is 11.6 Å². The minimum Gasteiger partial charge on any atom is -0.368 e. The van der Waals surface area contributed by atoms with Gasteiger partial charge in [-0.05, 0) is 17.7 Å². The third-order valence-electron chi connectivity index (χ3n) is 6.86. The number of halogens is 1. The van der Waals surface area contributed by atoms with Crippen molar-refractivity contribution in [3.63, 3.8) is 0 Å². The molecule has 3 heterocycles. The highest BCUT2D eigenvalue weighted by Crippen LogP contribution is 2.26. The van der Waals surface area contributed by atoms with E-state index in [1.165, 1.54) is 0 Å². The van der Waals surface area contributed by atoms with E-state index in [-0.39, 0.29) is 11.5 Å². The largest absolute Gasteiger partial charge is 0.368 e. The van der Waals surface area contributed by atoms with Crippen LogP contribution in [-0.2, 0) is 17.8 Å². The van der Waals surface area contributed by atoms with Crippen molar-refractivity contribution in [1.29, 1.82) is 0 Å². The van der Waals surface area contributed by atoms with Gasteiger partial charge in [0.1, 0.15) is 0 Å². The van der Waals surface area contributed by atoms with E-state index in [2.05, 4.69) is 25.8 Å². The number of nitrogens with zero attached hydrogens (tertiary/aromatic N) is 5. The lowest BCUT2D eigenvalue weighted by molar-refractivity contribution is -0.130. The summed E-state index contributed by atoms with van der Waals surface area (Å²) in [6, 6.07) is 19.3. The number of aromatic amines is 1. The molecule has 2 fully saturated rings. The average molecular weight is 507 g/mol. The fourth-order valence-electron chi connectivity index (χ4n) is 4.86. The van der Waals surface area contributed by atoms with Crippen LogP contribution in [0.2, 0.25) is 5.02 Å². The van der Waals surface area contributed by atoms with Crippen LogP contribution < -0.4 is 15.4 Å². The van der Waals surface area contributed by atoms with Gasteiger partial charge in [-0.25, -0.2) is 4.98 Å². The van der Waals surface area contributed by atoms with E-state index in [0.717, 1.165) is 48.1 Å². The summed E-state index contributed by atoms with van der Waals surface area (Å²) in [4.78, 5) is 41.3. The molecule has 0 aliphatic carbocycles. The maximum absolute atomic E-state index is 12.7. The molecule has 0 radical (unpaired) electrons. The van der Waals surface area contributed by atoms with Crippen molar-refractivity contribution in [2.75, 3.05) is 62.2 Å². The van der Waals surface area contributed by atoms with Crippen LogP contribution in [0.1, 0.15) is 11.3 Å². The Bertz CT molecular complexity index is 1230. The summed E-state index contributed by atoms with van der Waals surface area (Å²) >= 11 is 6.37. The lowest BCUT2D eigenvalue weighted by Crippen LogP contribution is -2.50. The zero-order chi connectivity index (χ0) is 24.9. The highest BCUT2D eigenvalue weighted by Gasteiger charge is 2.24. The molecule has 1 N–H and O–H groups in total. The summed E-state index contributed by atoms with van der Waals surface area (Å²) in [5.41, 5.74) is 2.71. The summed E-state index contributed by atoms with van der Waals surface area (Å²) in [6.07, 6.45) is 0.412. The maximum Gasteiger partial charge on any atom is 0.252 e. The van der Waals surface area contributed by atoms with Crippen LogP contribution in [0.15, 0.2) is 65.5 Å². The van der Waals surface area contributed by atoms with E-state index < -0.39 is 0 Å². The summed E-state index contributed by atoms with van der Waals surface area (Å²) in [7, 11) is 0. The Hall–Kier alpha value is -3.36. The lowest BCUT2D eigenvalue weighted by Gasteiger charge is -2.37. The smallest absolute Gasteiger partial charge is 0.252 e. The van der Waals surface area contributed by atoms with Crippen LogP contribution in [0, 0.1) is 0 Å². The number of hydrogen-bond donors (Lipinski definition) is 1. The number of nitrogens with one attached hydrogen (secondary N) is 1. The number of aromatic nitrogens is 2. The minimum absolute atomic E-state index is 0.131. The molecule has 188 valence electrons. The van der Waals surface area contributed by atoms with Crippen LogP contribution >= 0.6 is 11.6 Å². The molecule has 0 bridgehead atoms. The standard InChI is InChI=1S/C27H31ClN6O2/c28-23-8-4-5-9-24(23)32-12-10-31(11-13-32)20-22-19-25(35)30-27(29-22)34-16-14-33(15-17-34)26(36)18-21-6-2-1-3-7-21/h1-9,19H,10-18,20H2,(H,29,30,35). The molecular formula is C27H31ClN6O2. The van der Waals surface area contributed by atoms with Crippen molar-refractivity contribution in [3.05, 3.63) is 87.3 Å². The van der Waals surface area contributed by atoms with Gasteiger partial charge in [0.15, 0.2) is 0 Å². The third-order valence-corrected chi connectivity index (χ3v) is 7.18. The molecule has 36 heavy (non-hydrogen) atoms. The molecule has 2 saturated heterocycles. The minimum atomic E-state index is -0.146. The SMILES string of the molecule is O=C(Cc1ccccc1)N1CCN(c2nc(CN3CCN(c4ccccc4Cl)CC3)cc(=O)[nH]2)CC1. The normalized spacial score (nSPS) is 16.9. The Balaban J connectivity index is 1.15. The Labute approximate surface area is 216 Å². The fourth-order valence-corrected chi connectivity index (χ4v) is 5.11. The van der Waals surface area contributed by atoms with Crippen molar-refractivity contribution in [1.82, 2.24) is 19.8 Å². The lowest BCUT2D eigenvalue weighted by atomic mass is 10.1. The zero-order valence-corrected chi connectivity index (χ0v) is 21.0. The summed E-state index contributed by atoms with van der Waals surface area (Å²) in [5, 5.41) is 0.772. The van der Waals surface area contributed by atoms with Gasteiger partial charge < -0.3 is 14.7 Å². The molecule has 5 rings (SSSR count). The van der Waals surface area contributed by atoms with E-state index >= 15 is 0 Å². The number of amides is 1. The Morgan fingerprint density at radius 1 is 0.861 bits per heavy atom. The number of rotatable bonds is 6. The van der Waals surface area contributed by atoms with Gasteiger partial charge in [0.25, 0.3) is 5.56 Å². The Morgan fingerprint density at radius 3 is 2.25 bits per heavy atom. The molecule has 1 aromatic heterocycles. The summed E-state index contributed by atoms with van der Waals surface area (Å²) in [6.45, 7) is 6.63. The molecule has 9 heteroatoms. The van der Waals surface area contributed by atoms with Crippen molar-refractivity contribution in [2.45, 2.75) is 13.0 Å². The molecule has 0 unspecified atom stereocenters. The van der Waals surface area contributed by atoms with Crippen LogP contribution in [-0.4, -0.2) is 78.0 Å². The number of para-hydroxylation sites is 1. The first-order valence-electron chi connectivity index (χ1n) is 12.4. The highest BCUT2D eigenvalue weighted by atomic mass is 35.5. The van der Waals surface area contributed by atoms with E-state index in [1.54, 1.807) is 6.07 Å². The van der Waals surface area contributed by atoms with E-state index in [9.17, 15) is 9.59 Å². The number of anilines is 2. The van der Waals surface area contributed by atoms with Crippen LogP contribution in [0.25, 0.3) is 0 Å². The summed E-state index contributed by atoms with van der Waals surface area (Å²) < 4.78 is 0. The fraction of sp³-hybridized carbons (Fsp3) is 0.370. The Morgan fingerprint density at radius 2 is 1.53 bits per heavy atom. The second kappa shape index (κ2) is 11.1. The predicted molar refractivity (Wildman–Crippen MR) is 143 cm³/mol. The maximum atomic E-state index is 12.7. The molecular weight excluding hydrogens is 476 g/mol. The Kier molecular flexibility index (Phi) is 7.53. The van der Waals surface area contributed by atoms with Crippen molar-refractivity contribution >= 4 is 29.1 Å². The molecule has 2 aliphatic rings. The van der Waals surface area contributed by atoms with Gasteiger partial charge in [0.05, 0.1) is 22.8 Å². The molecule has 3 aromatic rings. The van der Waals surface area contributed by atoms with E-state index in [1.807, 2.05) is 53.4 Å². The second-order valence-electron chi connectivity index (χ2n) is 9.31. The summed E-state index contributed by atoms with van der Waals surface area (Å²) in [5.74, 6) is 0.717.